The molecule has 1 aromatic heterocycles. The fourth-order valence-electron chi connectivity index (χ4n) is 2.16. The molecule has 0 aliphatic carbocycles. The first kappa shape index (κ1) is 15.6. The van der Waals surface area contributed by atoms with Crippen molar-refractivity contribution >= 4 is 17.5 Å². The van der Waals surface area contributed by atoms with Crippen LogP contribution in [-0.2, 0) is 0 Å². The summed E-state index contributed by atoms with van der Waals surface area (Å²) in [7, 11) is 0. The second kappa shape index (κ2) is 6.78. The van der Waals surface area contributed by atoms with Gasteiger partial charge in [0.05, 0.1) is 6.10 Å². The van der Waals surface area contributed by atoms with Gasteiger partial charge in [-0.05, 0) is 50.6 Å². The minimum absolute atomic E-state index is 0.182. The van der Waals surface area contributed by atoms with Crippen molar-refractivity contribution in [3.05, 3.63) is 58.0 Å². The Kier molecular flexibility index (Phi) is 5.04. The molecular weight excluding hydrogens is 290 g/mol. The molecule has 21 heavy (non-hydrogen) atoms. The van der Waals surface area contributed by atoms with Crippen LogP contribution in [0.25, 0.3) is 0 Å². The lowest BCUT2D eigenvalue weighted by atomic mass is 10.1. The van der Waals surface area contributed by atoms with Crippen molar-refractivity contribution in [1.82, 2.24) is 5.32 Å². The molecule has 2 rings (SSSR count). The van der Waals surface area contributed by atoms with Gasteiger partial charge in [0.2, 0.25) is 0 Å². The molecule has 1 heterocycles. The van der Waals surface area contributed by atoms with E-state index < -0.39 is 6.10 Å². The molecule has 1 unspecified atom stereocenters. The topological polar surface area (TPSA) is 62.5 Å². The first-order chi connectivity index (χ1) is 9.97. The molecule has 1 aromatic carbocycles. The Morgan fingerprint density at radius 2 is 2.00 bits per heavy atom. The van der Waals surface area contributed by atoms with Crippen LogP contribution in [0.15, 0.2) is 34.7 Å². The van der Waals surface area contributed by atoms with Crippen LogP contribution in [-0.4, -0.2) is 17.6 Å². The quantitative estimate of drug-likeness (QED) is 0.890. The predicted molar refractivity (Wildman–Crippen MR) is 81.5 cm³/mol. The lowest BCUT2D eigenvalue weighted by molar-refractivity contribution is 0.0942. The average molecular weight is 308 g/mol. The maximum Gasteiger partial charge on any atom is 0.251 e. The average Bonchev–Trinajstić information content (AvgIpc) is 2.78. The van der Waals surface area contributed by atoms with Gasteiger partial charge in [-0.3, -0.25) is 4.79 Å². The molecule has 1 amide bonds. The van der Waals surface area contributed by atoms with E-state index in [1.54, 1.807) is 24.3 Å². The Morgan fingerprint density at radius 1 is 1.33 bits per heavy atom. The van der Waals surface area contributed by atoms with Gasteiger partial charge < -0.3 is 14.8 Å². The van der Waals surface area contributed by atoms with Gasteiger partial charge in [0, 0.05) is 22.7 Å². The van der Waals surface area contributed by atoms with Gasteiger partial charge in [-0.25, -0.2) is 0 Å². The molecule has 0 bridgehead atoms. The van der Waals surface area contributed by atoms with Crippen LogP contribution in [0.2, 0.25) is 5.02 Å². The molecule has 112 valence electrons. The van der Waals surface area contributed by atoms with E-state index in [0.29, 0.717) is 29.3 Å². The molecule has 0 fully saturated rings. The fourth-order valence-corrected chi connectivity index (χ4v) is 2.29. The Morgan fingerprint density at radius 3 is 2.57 bits per heavy atom. The van der Waals surface area contributed by atoms with E-state index in [2.05, 4.69) is 5.32 Å². The highest BCUT2D eigenvalue weighted by Gasteiger charge is 2.14. The van der Waals surface area contributed by atoms with Crippen molar-refractivity contribution in [2.45, 2.75) is 26.4 Å². The molecule has 0 radical (unpaired) electrons. The summed E-state index contributed by atoms with van der Waals surface area (Å²) in [5.74, 6) is 1.30. The third kappa shape index (κ3) is 4.09. The summed E-state index contributed by atoms with van der Waals surface area (Å²) in [4.78, 5) is 11.9. The number of rotatable bonds is 5. The normalized spacial score (nSPS) is 12.2. The number of benzene rings is 1. The number of halogens is 1. The molecule has 0 saturated heterocycles. The van der Waals surface area contributed by atoms with E-state index in [1.165, 1.54) is 0 Å². The molecule has 0 aliphatic rings. The van der Waals surface area contributed by atoms with Crippen molar-refractivity contribution in [3.63, 3.8) is 0 Å². The zero-order chi connectivity index (χ0) is 15.4. The van der Waals surface area contributed by atoms with Gasteiger partial charge in [0.25, 0.3) is 5.91 Å². The van der Waals surface area contributed by atoms with Crippen LogP contribution in [0.5, 0.6) is 0 Å². The van der Waals surface area contributed by atoms with Crippen LogP contribution in [0, 0.1) is 13.8 Å². The zero-order valence-corrected chi connectivity index (χ0v) is 12.8. The SMILES string of the molecule is Cc1cc(C(O)CCNC(=O)c2ccc(Cl)cc2)c(C)o1. The van der Waals surface area contributed by atoms with Crippen LogP contribution >= 0.6 is 11.6 Å². The van der Waals surface area contributed by atoms with E-state index in [9.17, 15) is 9.90 Å². The predicted octanol–water partition coefficient (Wildman–Crippen LogP) is 3.40. The molecule has 0 aliphatic heterocycles. The molecule has 0 spiro atoms. The van der Waals surface area contributed by atoms with Gasteiger partial charge in [-0.15, -0.1) is 0 Å². The lowest BCUT2D eigenvalue weighted by Crippen LogP contribution is -2.25. The molecule has 0 saturated carbocycles. The maximum atomic E-state index is 11.9. The second-order valence-corrected chi connectivity index (χ2v) is 5.37. The zero-order valence-electron chi connectivity index (χ0n) is 12.0. The Labute approximate surface area is 128 Å². The summed E-state index contributed by atoms with van der Waals surface area (Å²) in [5, 5.41) is 13.5. The van der Waals surface area contributed by atoms with E-state index in [1.807, 2.05) is 19.9 Å². The molecule has 2 aromatic rings. The minimum Gasteiger partial charge on any atom is -0.466 e. The third-order valence-corrected chi connectivity index (χ3v) is 3.50. The molecule has 5 heteroatoms. The highest BCUT2D eigenvalue weighted by molar-refractivity contribution is 6.30. The van der Waals surface area contributed by atoms with Crippen LogP contribution < -0.4 is 5.32 Å². The molecule has 1 atom stereocenters. The summed E-state index contributed by atoms with van der Waals surface area (Å²) in [5.41, 5.74) is 1.32. The Bertz CT molecular complexity index is 619. The van der Waals surface area contributed by atoms with E-state index in [0.717, 1.165) is 11.3 Å². The number of aliphatic hydroxyl groups is 1. The number of hydrogen-bond acceptors (Lipinski definition) is 3. The van der Waals surface area contributed by atoms with Crippen molar-refractivity contribution in [3.8, 4) is 0 Å². The number of carbonyl (C=O) groups excluding carboxylic acids is 1. The van der Waals surface area contributed by atoms with Crippen LogP contribution in [0.1, 0.15) is 40.0 Å². The van der Waals surface area contributed by atoms with E-state index >= 15 is 0 Å². The van der Waals surface area contributed by atoms with Crippen molar-refractivity contribution in [2.75, 3.05) is 6.54 Å². The monoisotopic (exact) mass is 307 g/mol. The summed E-state index contributed by atoms with van der Waals surface area (Å²) in [6.45, 7) is 4.04. The van der Waals surface area contributed by atoms with Gasteiger partial charge in [0.15, 0.2) is 0 Å². The van der Waals surface area contributed by atoms with Crippen molar-refractivity contribution in [1.29, 1.82) is 0 Å². The van der Waals surface area contributed by atoms with E-state index in [4.69, 9.17) is 16.0 Å². The highest BCUT2D eigenvalue weighted by atomic mass is 35.5. The molecule has 2 N–H and O–H groups in total. The first-order valence-corrected chi connectivity index (χ1v) is 7.14. The number of carbonyl (C=O) groups is 1. The number of nitrogens with one attached hydrogen (secondary N) is 1. The highest BCUT2D eigenvalue weighted by Crippen LogP contribution is 2.23. The van der Waals surface area contributed by atoms with Gasteiger partial charge in [-0.2, -0.15) is 0 Å². The molecule has 4 nitrogen and oxygen atoms in total. The summed E-state index contributed by atoms with van der Waals surface area (Å²) >= 11 is 5.77. The third-order valence-electron chi connectivity index (χ3n) is 3.25. The van der Waals surface area contributed by atoms with Crippen LogP contribution in [0.4, 0.5) is 0 Å². The lowest BCUT2D eigenvalue weighted by Gasteiger charge is -2.10. The Hall–Kier alpha value is -1.78. The van der Waals surface area contributed by atoms with Gasteiger partial charge in [-0.1, -0.05) is 11.6 Å². The number of furan rings is 1. The van der Waals surface area contributed by atoms with Crippen molar-refractivity contribution in [2.24, 2.45) is 0 Å². The number of hydrogen-bond donors (Lipinski definition) is 2. The number of amides is 1. The summed E-state index contributed by atoms with van der Waals surface area (Å²) < 4.78 is 5.38. The first-order valence-electron chi connectivity index (χ1n) is 6.76. The van der Waals surface area contributed by atoms with Crippen LogP contribution in [0.3, 0.4) is 0 Å². The summed E-state index contributed by atoms with van der Waals surface area (Å²) in [6.07, 6.45) is -0.216. The maximum absolute atomic E-state index is 11.9. The second-order valence-electron chi connectivity index (χ2n) is 4.94. The van der Waals surface area contributed by atoms with Crippen molar-refractivity contribution < 1.29 is 14.3 Å². The fraction of sp³-hybridized carbons (Fsp3) is 0.312. The standard InChI is InChI=1S/C16H18ClNO3/c1-10-9-14(11(2)21-10)15(19)7-8-18-16(20)12-3-5-13(17)6-4-12/h3-6,9,15,19H,7-8H2,1-2H3,(H,18,20). The Balaban J connectivity index is 1.85. The molecular formula is C16H18ClNO3. The van der Waals surface area contributed by atoms with Gasteiger partial charge >= 0.3 is 0 Å². The smallest absolute Gasteiger partial charge is 0.251 e. The number of aryl methyl sites for hydroxylation is 2. The van der Waals surface area contributed by atoms with Gasteiger partial charge in [0.1, 0.15) is 11.5 Å². The largest absolute Gasteiger partial charge is 0.466 e. The number of aliphatic hydroxyl groups excluding tert-OH is 1. The van der Waals surface area contributed by atoms with E-state index in [-0.39, 0.29) is 5.91 Å². The minimum atomic E-state index is -0.645. The summed E-state index contributed by atoms with van der Waals surface area (Å²) in [6, 6.07) is 8.49.